The Morgan fingerprint density at radius 1 is 1.60 bits per heavy atom. The second-order valence-electron chi connectivity index (χ2n) is 2.69. The maximum absolute atomic E-state index is 11.4. The lowest BCUT2D eigenvalue weighted by Gasteiger charge is -2.08. The third-order valence-corrected chi connectivity index (χ3v) is 2.52. The van der Waals surface area contributed by atoms with Gasteiger partial charge in [0.15, 0.2) is 0 Å². The number of rotatable bonds is 2. The molecule has 1 aromatic rings. The van der Waals surface area contributed by atoms with E-state index in [1.54, 1.807) is 0 Å². The van der Waals surface area contributed by atoms with Crippen LogP contribution < -0.4 is 0 Å². The van der Waals surface area contributed by atoms with Crippen molar-refractivity contribution in [1.82, 2.24) is 0 Å². The van der Waals surface area contributed by atoms with Crippen LogP contribution in [0.1, 0.15) is 21.5 Å². The van der Waals surface area contributed by atoms with Crippen LogP contribution in [-0.2, 0) is 10.6 Å². The van der Waals surface area contributed by atoms with Gasteiger partial charge in [-0.05, 0) is 12.1 Å². The number of halogens is 2. The molecule has 0 bridgehead atoms. The number of ether oxygens (including phenoxy) is 1. The van der Waals surface area contributed by atoms with Gasteiger partial charge in [0.25, 0.3) is 0 Å². The molecule has 0 aliphatic rings. The molecular weight excluding hydrogens is 237 g/mol. The average molecular weight is 244 g/mol. The number of hydrogen-bond donors (Lipinski definition) is 0. The van der Waals surface area contributed by atoms with Crippen LogP contribution in [0.4, 0.5) is 0 Å². The molecule has 0 spiro atoms. The number of nitrogens with zero attached hydrogens (tertiary/aromatic N) is 1. The standard InChI is InChI=1S/C10H7Cl2NO2/c1-15-10(14)9-6(5-13)2-3-8(12)7(9)4-11/h2-3H,4H2,1H3. The van der Waals surface area contributed by atoms with E-state index in [9.17, 15) is 4.79 Å². The molecule has 0 N–H and O–H groups in total. The second-order valence-corrected chi connectivity index (χ2v) is 3.36. The Morgan fingerprint density at radius 2 is 2.27 bits per heavy atom. The number of esters is 1. The summed E-state index contributed by atoms with van der Waals surface area (Å²) < 4.78 is 4.57. The van der Waals surface area contributed by atoms with Crippen molar-refractivity contribution in [1.29, 1.82) is 5.26 Å². The van der Waals surface area contributed by atoms with E-state index in [0.717, 1.165) is 0 Å². The summed E-state index contributed by atoms with van der Waals surface area (Å²) >= 11 is 11.5. The summed E-state index contributed by atoms with van der Waals surface area (Å²) in [6.45, 7) is 0. The summed E-state index contributed by atoms with van der Waals surface area (Å²) in [6, 6.07) is 4.89. The average Bonchev–Trinajstić information content (AvgIpc) is 2.27. The minimum absolute atomic E-state index is 0.0544. The molecule has 0 unspecified atom stereocenters. The van der Waals surface area contributed by atoms with Crippen LogP contribution in [0.15, 0.2) is 12.1 Å². The largest absolute Gasteiger partial charge is 0.465 e. The van der Waals surface area contributed by atoms with E-state index >= 15 is 0 Å². The molecule has 0 atom stereocenters. The summed E-state index contributed by atoms with van der Waals surface area (Å²) in [4.78, 5) is 11.4. The maximum Gasteiger partial charge on any atom is 0.339 e. The second kappa shape index (κ2) is 5.01. The first-order chi connectivity index (χ1) is 7.15. The Hall–Kier alpha value is -1.24. The lowest BCUT2D eigenvalue weighted by Crippen LogP contribution is -2.08. The molecule has 5 heteroatoms. The van der Waals surface area contributed by atoms with Gasteiger partial charge < -0.3 is 4.74 Å². The van der Waals surface area contributed by atoms with Crippen molar-refractivity contribution in [2.75, 3.05) is 7.11 Å². The van der Waals surface area contributed by atoms with E-state index < -0.39 is 5.97 Å². The number of nitriles is 1. The first-order valence-corrected chi connectivity index (χ1v) is 4.92. The summed E-state index contributed by atoms with van der Waals surface area (Å²) in [6.07, 6.45) is 0. The first-order valence-electron chi connectivity index (χ1n) is 4.01. The lowest BCUT2D eigenvalue weighted by molar-refractivity contribution is 0.0599. The molecule has 0 saturated carbocycles. The molecule has 0 fully saturated rings. The molecule has 0 aliphatic heterocycles. The topological polar surface area (TPSA) is 50.1 Å². The van der Waals surface area contributed by atoms with Gasteiger partial charge in [-0.3, -0.25) is 0 Å². The van der Waals surface area contributed by atoms with Crippen LogP contribution >= 0.6 is 23.2 Å². The predicted octanol–water partition coefficient (Wildman–Crippen LogP) is 2.74. The Bertz CT molecular complexity index is 438. The van der Waals surface area contributed by atoms with Gasteiger partial charge in [-0.1, -0.05) is 11.6 Å². The normalized spacial score (nSPS) is 9.47. The van der Waals surface area contributed by atoms with Gasteiger partial charge >= 0.3 is 5.97 Å². The highest BCUT2D eigenvalue weighted by atomic mass is 35.5. The fourth-order valence-corrected chi connectivity index (χ4v) is 1.75. The van der Waals surface area contributed by atoms with Crippen molar-refractivity contribution in [3.8, 4) is 6.07 Å². The third-order valence-electron chi connectivity index (χ3n) is 1.90. The minimum atomic E-state index is -0.607. The summed E-state index contributed by atoms with van der Waals surface area (Å²) in [5.74, 6) is -0.552. The summed E-state index contributed by atoms with van der Waals surface area (Å²) in [5.41, 5.74) is 0.772. The van der Waals surface area contributed by atoms with E-state index in [4.69, 9.17) is 28.5 Å². The van der Waals surface area contributed by atoms with E-state index in [0.29, 0.717) is 10.6 Å². The smallest absolute Gasteiger partial charge is 0.339 e. The zero-order chi connectivity index (χ0) is 11.4. The van der Waals surface area contributed by atoms with E-state index in [1.165, 1.54) is 19.2 Å². The Balaban J connectivity index is 3.49. The van der Waals surface area contributed by atoms with Crippen LogP contribution in [0.5, 0.6) is 0 Å². The molecule has 1 aromatic carbocycles. The third kappa shape index (κ3) is 2.23. The van der Waals surface area contributed by atoms with Gasteiger partial charge in [0.1, 0.15) is 6.07 Å². The maximum atomic E-state index is 11.4. The molecule has 0 saturated heterocycles. The highest BCUT2D eigenvalue weighted by molar-refractivity contribution is 6.33. The number of carbonyl (C=O) groups is 1. The van der Waals surface area contributed by atoms with Gasteiger partial charge in [0, 0.05) is 16.5 Å². The van der Waals surface area contributed by atoms with Crippen molar-refractivity contribution < 1.29 is 9.53 Å². The number of alkyl halides is 1. The molecule has 3 nitrogen and oxygen atoms in total. The van der Waals surface area contributed by atoms with Crippen LogP contribution in [0.2, 0.25) is 5.02 Å². The predicted molar refractivity (Wildman–Crippen MR) is 57.1 cm³/mol. The summed E-state index contributed by atoms with van der Waals surface area (Å²) in [5, 5.41) is 9.18. The lowest BCUT2D eigenvalue weighted by atomic mass is 10.0. The molecule has 0 amide bonds. The van der Waals surface area contributed by atoms with Crippen molar-refractivity contribution in [2.24, 2.45) is 0 Å². The van der Waals surface area contributed by atoms with Crippen molar-refractivity contribution >= 4 is 29.2 Å². The zero-order valence-corrected chi connectivity index (χ0v) is 9.39. The highest BCUT2D eigenvalue weighted by Gasteiger charge is 2.18. The Morgan fingerprint density at radius 3 is 2.73 bits per heavy atom. The monoisotopic (exact) mass is 243 g/mol. The van der Waals surface area contributed by atoms with Crippen molar-refractivity contribution in [2.45, 2.75) is 5.88 Å². The van der Waals surface area contributed by atoms with Crippen LogP contribution in [-0.4, -0.2) is 13.1 Å². The molecule has 0 radical (unpaired) electrons. The zero-order valence-electron chi connectivity index (χ0n) is 7.88. The van der Waals surface area contributed by atoms with Gasteiger partial charge in [-0.25, -0.2) is 4.79 Å². The fourth-order valence-electron chi connectivity index (χ4n) is 1.18. The number of benzene rings is 1. The Kier molecular flexibility index (Phi) is 3.96. The van der Waals surface area contributed by atoms with Gasteiger partial charge in [-0.2, -0.15) is 5.26 Å². The van der Waals surface area contributed by atoms with E-state index in [2.05, 4.69) is 4.74 Å². The molecule has 0 aliphatic carbocycles. The van der Waals surface area contributed by atoms with Gasteiger partial charge in [0.05, 0.1) is 18.2 Å². The molecule has 1 rings (SSSR count). The van der Waals surface area contributed by atoms with E-state index in [-0.39, 0.29) is 17.0 Å². The quantitative estimate of drug-likeness (QED) is 0.593. The molecule has 0 aromatic heterocycles. The van der Waals surface area contributed by atoms with E-state index in [1.807, 2.05) is 6.07 Å². The van der Waals surface area contributed by atoms with Crippen LogP contribution in [0.25, 0.3) is 0 Å². The number of carbonyl (C=O) groups excluding carboxylic acids is 1. The Labute approximate surface area is 97.2 Å². The molecule has 0 heterocycles. The van der Waals surface area contributed by atoms with Crippen LogP contribution in [0, 0.1) is 11.3 Å². The van der Waals surface area contributed by atoms with Gasteiger partial charge in [-0.15, -0.1) is 11.6 Å². The molecule has 78 valence electrons. The fraction of sp³-hybridized carbons (Fsp3) is 0.200. The molecular formula is C10H7Cl2NO2. The summed E-state index contributed by atoms with van der Waals surface area (Å²) in [7, 11) is 1.24. The number of hydrogen-bond acceptors (Lipinski definition) is 3. The van der Waals surface area contributed by atoms with Gasteiger partial charge in [0.2, 0.25) is 0 Å². The van der Waals surface area contributed by atoms with Crippen molar-refractivity contribution in [3.05, 3.63) is 33.8 Å². The van der Waals surface area contributed by atoms with Crippen LogP contribution in [0.3, 0.4) is 0 Å². The SMILES string of the molecule is COC(=O)c1c(C#N)ccc(Cl)c1CCl. The van der Waals surface area contributed by atoms with Crippen molar-refractivity contribution in [3.63, 3.8) is 0 Å². The minimum Gasteiger partial charge on any atom is -0.465 e. The first kappa shape index (κ1) is 11.8. The number of methoxy groups -OCH3 is 1. The molecule has 15 heavy (non-hydrogen) atoms. The highest BCUT2D eigenvalue weighted by Crippen LogP contribution is 2.25.